The van der Waals surface area contributed by atoms with Crippen molar-refractivity contribution in [1.29, 1.82) is 0 Å². The number of halogens is 3. The summed E-state index contributed by atoms with van der Waals surface area (Å²) in [5.41, 5.74) is 0.246. The zero-order valence-corrected chi connectivity index (χ0v) is 13.8. The summed E-state index contributed by atoms with van der Waals surface area (Å²) in [5, 5.41) is 3.20. The van der Waals surface area contributed by atoms with Crippen LogP contribution in [0.4, 0.5) is 14.7 Å². The van der Waals surface area contributed by atoms with Gasteiger partial charge in [0.05, 0.1) is 18.1 Å². The molecule has 0 spiro atoms. The molecule has 134 valence electrons. The Morgan fingerprint density at radius 3 is 2.69 bits per heavy atom. The van der Waals surface area contributed by atoms with Crippen molar-refractivity contribution in [2.45, 2.75) is 25.5 Å². The van der Waals surface area contributed by atoms with Crippen molar-refractivity contribution >= 4 is 28.7 Å². The molecule has 0 aliphatic heterocycles. The van der Waals surface area contributed by atoms with Gasteiger partial charge < -0.3 is 10.1 Å². The van der Waals surface area contributed by atoms with Gasteiger partial charge >= 0.3 is 6.61 Å². The Kier molecular flexibility index (Phi) is 4.11. The molecule has 0 amide bonds. The van der Waals surface area contributed by atoms with Crippen LogP contribution in [0.25, 0.3) is 16.9 Å². The molecule has 1 aliphatic carbocycles. The minimum absolute atomic E-state index is 0.0949. The summed E-state index contributed by atoms with van der Waals surface area (Å²) in [4.78, 5) is 28.6. The average Bonchev–Trinajstić information content (AvgIpc) is 3.39. The lowest BCUT2D eigenvalue weighted by Gasteiger charge is -2.11. The van der Waals surface area contributed by atoms with Crippen LogP contribution < -0.4 is 15.6 Å². The van der Waals surface area contributed by atoms with Crippen LogP contribution in [0.3, 0.4) is 0 Å². The second-order valence-corrected chi connectivity index (χ2v) is 5.95. The Hall–Kier alpha value is -2.88. The van der Waals surface area contributed by atoms with Crippen LogP contribution in [-0.4, -0.2) is 37.2 Å². The topological polar surface area (TPSA) is 94.8 Å². The standard InChI is InChI=1S/C15H11ClF2N6O2/c16-12-11-13(23-15(22-12)21-7-1-2-7)24(10(25)6-20-11)8-3-4-9(19-5-8)26-14(17)18/h3-7,14H,1-2H2,(H,21,22,23). The minimum atomic E-state index is -2.99. The molecule has 3 heterocycles. The predicted molar refractivity (Wildman–Crippen MR) is 89.0 cm³/mol. The first kappa shape index (κ1) is 16.6. The summed E-state index contributed by atoms with van der Waals surface area (Å²) in [6.45, 7) is -2.99. The highest BCUT2D eigenvalue weighted by atomic mass is 35.5. The lowest BCUT2D eigenvalue weighted by molar-refractivity contribution is -0.0528. The van der Waals surface area contributed by atoms with Gasteiger partial charge in [-0.15, -0.1) is 0 Å². The van der Waals surface area contributed by atoms with Gasteiger partial charge in [-0.3, -0.25) is 9.36 Å². The summed E-state index contributed by atoms with van der Waals surface area (Å²) in [5.74, 6) is 0.0238. The summed E-state index contributed by atoms with van der Waals surface area (Å²) >= 11 is 6.17. The molecular weight excluding hydrogens is 370 g/mol. The van der Waals surface area contributed by atoms with E-state index in [0.717, 1.165) is 19.0 Å². The number of hydrogen-bond acceptors (Lipinski definition) is 7. The van der Waals surface area contributed by atoms with Crippen LogP contribution in [0.1, 0.15) is 12.8 Å². The van der Waals surface area contributed by atoms with Gasteiger partial charge in [0.2, 0.25) is 11.8 Å². The number of nitrogens with zero attached hydrogens (tertiary/aromatic N) is 5. The maximum Gasteiger partial charge on any atom is 0.388 e. The molecule has 26 heavy (non-hydrogen) atoms. The Labute approximate surface area is 149 Å². The largest absolute Gasteiger partial charge is 0.417 e. The van der Waals surface area contributed by atoms with Crippen molar-refractivity contribution in [2.24, 2.45) is 0 Å². The van der Waals surface area contributed by atoms with Crippen LogP contribution in [0, 0.1) is 0 Å². The molecule has 1 aliphatic rings. The van der Waals surface area contributed by atoms with E-state index in [1.165, 1.54) is 22.9 Å². The molecule has 1 N–H and O–H groups in total. The SMILES string of the molecule is O=c1cnc2c(Cl)nc(NC3CC3)nc2n1-c1ccc(OC(F)F)nc1. The van der Waals surface area contributed by atoms with Gasteiger partial charge in [-0.25, -0.2) is 9.97 Å². The summed E-state index contributed by atoms with van der Waals surface area (Å²) in [7, 11) is 0. The molecule has 0 saturated heterocycles. The first-order chi connectivity index (χ1) is 12.5. The highest BCUT2D eigenvalue weighted by Crippen LogP contribution is 2.26. The van der Waals surface area contributed by atoms with E-state index >= 15 is 0 Å². The van der Waals surface area contributed by atoms with E-state index in [0.29, 0.717) is 5.69 Å². The Morgan fingerprint density at radius 2 is 2.04 bits per heavy atom. The predicted octanol–water partition coefficient (Wildman–Crippen LogP) is 2.40. The van der Waals surface area contributed by atoms with Gasteiger partial charge in [0.15, 0.2) is 10.8 Å². The minimum Gasteiger partial charge on any atom is -0.417 e. The second kappa shape index (κ2) is 6.45. The van der Waals surface area contributed by atoms with Crippen molar-refractivity contribution in [3.63, 3.8) is 0 Å². The number of aromatic nitrogens is 5. The normalized spacial score (nSPS) is 14.0. The zero-order chi connectivity index (χ0) is 18.3. The first-order valence-corrected chi connectivity index (χ1v) is 8.02. The molecular formula is C15H11ClF2N6O2. The van der Waals surface area contributed by atoms with E-state index < -0.39 is 12.2 Å². The second-order valence-electron chi connectivity index (χ2n) is 5.59. The molecule has 0 radical (unpaired) electrons. The Balaban J connectivity index is 1.83. The summed E-state index contributed by atoms with van der Waals surface area (Å²) < 4.78 is 29.9. The molecule has 1 saturated carbocycles. The van der Waals surface area contributed by atoms with Crippen molar-refractivity contribution < 1.29 is 13.5 Å². The molecule has 0 bridgehead atoms. The molecule has 11 heteroatoms. The van der Waals surface area contributed by atoms with Gasteiger partial charge in [0.25, 0.3) is 5.56 Å². The van der Waals surface area contributed by atoms with E-state index in [2.05, 4.69) is 30.0 Å². The number of anilines is 1. The number of hydrogen-bond donors (Lipinski definition) is 1. The van der Waals surface area contributed by atoms with Gasteiger partial charge in [0.1, 0.15) is 5.52 Å². The molecule has 0 atom stereocenters. The lowest BCUT2D eigenvalue weighted by Crippen LogP contribution is -2.21. The third-order valence-corrected chi connectivity index (χ3v) is 3.92. The van der Waals surface area contributed by atoms with E-state index in [4.69, 9.17) is 11.6 Å². The smallest absolute Gasteiger partial charge is 0.388 e. The number of alkyl halides is 2. The molecule has 0 aromatic carbocycles. The molecule has 4 rings (SSSR count). The monoisotopic (exact) mass is 380 g/mol. The van der Waals surface area contributed by atoms with Gasteiger partial charge in [-0.05, 0) is 18.9 Å². The van der Waals surface area contributed by atoms with Crippen LogP contribution in [0.2, 0.25) is 5.15 Å². The Morgan fingerprint density at radius 1 is 1.23 bits per heavy atom. The average molecular weight is 381 g/mol. The van der Waals surface area contributed by atoms with E-state index in [1.807, 2.05) is 0 Å². The van der Waals surface area contributed by atoms with E-state index in [9.17, 15) is 13.6 Å². The molecule has 0 unspecified atom stereocenters. The fourth-order valence-corrected chi connectivity index (χ4v) is 2.57. The maximum atomic E-state index is 12.4. The number of rotatable bonds is 5. The lowest BCUT2D eigenvalue weighted by atomic mass is 10.4. The zero-order valence-electron chi connectivity index (χ0n) is 13.1. The molecule has 3 aromatic rings. The van der Waals surface area contributed by atoms with Crippen LogP contribution in [-0.2, 0) is 0 Å². The van der Waals surface area contributed by atoms with Gasteiger partial charge in [-0.1, -0.05) is 11.6 Å². The maximum absolute atomic E-state index is 12.4. The third kappa shape index (κ3) is 3.27. The molecule has 3 aromatic heterocycles. The first-order valence-electron chi connectivity index (χ1n) is 7.64. The summed E-state index contributed by atoms with van der Waals surface area (Å²) in [6, 6.07) is 2.93. The van der Waals surface area contributed by atoms with Crippen LogP contribution in [0.5, 0.6) is 5.88 Å². The van der Waals surface area contributed by atoms with E-state index in [-0.39, 0.29) is 34.2 Å². The number of nitrogens with one attached hydrogen (secondary N) is 1. The number of fused-ring (bicyclic) bond motifs is 1. The van der Waals surface area contributed by atoms with Crippen molar-refractivity contribution in [3.05, 3.63) is 40.0 Å². The van der Waals surface area contributed by atoms with Crippen molar-refractivity contribution in [1.82, 2.24) is 24.5 Å². The molecule has 8 nitrogen and oxygen atoms in total. The number of ether oxygens (including phenoxy) is 1. The Bertz CT molecular complexity index is 1020. The van der Waals surface area contributed by atoms with Crippen molar-refractivity contribution in [2.75, 3.05) is 5.32 Å². The summed E-state index contributed by atoms with van der Waals surface area (Å²) in [6.07, 6.45) is 4.32. The number of pyridine rings is 1. The highest BCUT2D eigenvalue weighted by molar-refractivity contribution is 6.33. The highest BCUT2D eigenvalue weighted by Gasteiger charge is 2.23. The van der Waals surface area contributed by atoms with Gasteiger partial charge in [-0.2, -0.15) is 18.7 Å². The molecule has 1 fully saturated rings. The third-order valence-electron chi connectivity index (χ3n) is 3.66. The van der Waals surface area contributed by atoms with Crippen molar-refractivity contribution in [3.8, 4) is 11.6 Å². The fourth-order valence-electron chi connectivity index (χ4n) is 2.36. The van der Waals surface area contributed by atoms with Crippen LogP contribution >= 0.6 is 11.6 Å². The van der Waals surface area contributed by atoms with Crippen LogP contribution in [0.15, 0.2) is 29.3 Å². The van der Waals surface area contributed by atoms with Gasteiger partial charge in [0, 0.05) is 12.1 Å². The fraction of sp³-hybridized carbons (Fsp3) is 0.267. The quantitative estimate of drug-likeness (QED) is 0.679. The van der Waals surface area contributed by atoms with E-state index in [1.54, 1.807) is 0 Å².